The molecule has 0 heterocycles. The molecule has 24 heavy (non-hydrogen) atoms. The molecule has 0 spiro atoms. The van der Waals surface area contributed by atoms with Crippen molar-refractivity contribution in [3.63, 3.8) is 0 Å². The Morgan fingerprint density at radius 2 is 1.54 bits per heavy atom. The molecule has 0 unspecified atom stereocenters. The number of carbonyl (C=O) groups excluding carboxylic acids is 1. The lowest BCUT2D eigenvalue weighted by Crippen LogP contribution is -2.14. The number of hydrogen-bond donors (Lipinski definition) is 1. The van der Waals surface area contributed by atoms with Crippen LogP contribution in [0.2, 0.25) is 5.02 Å². The van der Waals surface area contributed by atoms with Crippen LogP contribution in [-0.4, -0.2) is 11.7 Å². The van der Waals surface area contributed by atoms with E-state index in [9.17, 15) is 4.79 Å². The van der Waals surface area contributed by atoms with Crippen molar-refractivity contribution in [2.24, 2.45) is 0 Å². The van der Waals surface area contributed by atoms with E-state index in [1.165, 1.54) is 11.8 Å². The van der Waals surface area contributed by atoms with Crippen LogP contribution >= 0.6 is 23.4 Å². The summed E-state index contributed by atoms with van der Waals surface area (Å²) in [6.07, 6.45) is 0. The number of rotatable bonds is 5. The van der Waals surface area contributed by atoms with Gasteiger partial charge in [0, 0.05) is 21.2 Å². The first-order valence-corrected chi connectivity index (χ1v) is 8.91. The molecule has 0 atom stereocenters. The minimum absolute atomic E-state index is 0.0293. The fourth-order valence-electron chi connectivity index (χ4n) is 2.33. The molecule has 3 aromatic rings. The molecule has 0 aromatic heterocycles. The van der Waals surface area contributed by atoms with Crippen LogP contribution in [0, 0.1) is 0 Å². The van der Waals surface area contributed by atoms with Crippen LogP contribution in [0.5, 0.6) is 0 Å². The summed E-state index contributed by atoms with van der Waals surface area (Å²) in [6, 6.07) is 25.3. The molecule has 0 fully saturated rings. The Balaban J connectivity index is 1.67. The van der Waals surface area contributed by atoms with Crippen LogP contribution in [0.3, 0.4) is 0 Å². The number of benzene rings is 3. The smallest absolute Gasteiger partial charge is 0.234 e. The van der Waals surface area contributed by atoms with Gasteiger partial charge >= 0.3 is 0 Å². The summed E-state index contributed by atoms with van der Waals surface area (Å²) in [5, 5.41) is 3.70. The van der Waals surface area contributed by atoms with Gasteiger partial charge in [0.05, 0.1) is 5.75 Å². The maximum atomic E-state index is 12.3. The Morgan fingerprint density at radius 1 is 0.875 bits per heavy atom. The summed E-state index contributed by atoms with van der Waals surface area (Å²) in [7, 11) is 0. The highest BCUT2D eigenvalue weighted by Crippen LogP contribution is 2.28. The lowest BCUT2D eigenvalue weighted by Gasteiger charge is -2.11. The van der Waals surface area contributed by atoms with Gasteiger partial charge in [-0.2, -0.15) is 0 Å². The fourth-order valence-corrected chi connectivity index (χ4v) is 3.15. The summed E-state index contributed by atoms with van der Waals surface area (Å²) < 4.78 is 0. The summed E-state index contributed by atoms with van der Waals surface area (Å²) in [4.78, 5) is 13.3. The Morgan fingerprint density at radius 3 is 2.29 bits per heavy atom. The van der Waals surface area contributed by atoms with Gasteiger partial charge in [-0.05, 0) is 35.9 Å². The fraction of sp³-hybridized carbons (Fsp3) is 0.0500. The first-order chi connectivity index (χ1) is 11.7. The van der Waals surface area contributed by atoms with Gasteiger partial charge in [-0.25, -0.2) is 0 Å². The van der Waals surface area contributed by atoms with Crippen molar-refractivity contribution in [1.29, 1.82) is 0 Å². The quantitative estimate of drug-likeness (QED) is 0.593. The Kier molecular flexibility index (Phi) is 5.57. The standard InChI is InChI=1S/C20H16ClNOS/c21-16-10-12-17(13-11-16)24-14-20(23)22-19-9-5-4-8-18(19)15-6-2-1-3-7-15/h1-13H,14H2,(H,22,23). The van der Waals surface area contributed by atoms with E-state index in [1.54, 1.807) is 0 Å². The maximum absolute atomic E-state index is 12.3. The zero-order chi connectivity index (χ0) is 16.8. The highest BCUT2D eigenvalue weighted by atomic mass is 35.5. The number of nitrogens with one attached hydrogen (secondary N) is 1. The SMILES string of the molecule is O=C(CSc1ccc(Cl)cc1)Nc1ccccc1-c1ccccc1. The largest absolute Gasteiger partial charge is 0.325 e. The van der Waals surface area contributed by atoms with E-state index in [2.05, 4.69) is 5.32 Å². The van der Waals surface area contributed by atoms with E-state index in [-0.39, 0.29) is 5.91 Å². The molecule has 3 rings (SSSR count). The summed E-state index contributed by atoms with van der Waals surface area (Å²) in [6.45, 7) is 0. The van der Waals surface area contributed by atoms with Gasteiger partial charge in [-0.3, -0.25) is 4.79 Å². The second-order valence-corrected chi connectivity index (χ2v) is 6.69. The Labute approximate surface area is 150 Å². The van der Waals surface area contributed by atoms with Crippen molar-refractivity contribution < 1.29 is 4.79 Å². The van der Waals surface area contributed by atoms with Crippen LogP contribution in [-0.2, 0) is 4.79 Å². The molecule has 0 aliphatic heterocycles. The van der Waals surface area contributed by atoms with Crippen molar-refractivity contribution >= 4 is 35.0 Å². The van der Waals surface area contributed by atoms with Crippen molar-refractivity contribution in [3.8, 4) is 11.1 Å². The molecular formula is C20H16ClNOS. The van der Waals surface area contributed by atoms with E-state index in [0.717, 1.165) is 21.7 Å². The van der Waals surface area contributed by atoms with E-state index in [1.807, 2.05) is 78.9 Å². The minimum atomic E-state index is -0.0293. The Hall–Kier alpha value is -2.23. The third-order valence-corrected chi connectivity index (χ3v) is 4.73. The number of anilines is 1. The van der Waals surface area contributed by atoms with E-state index in [0.29, 0.717) is 10.8 Å². The van der Waals surface area contributed by atoms with Crippen LogP contribution in [0.1, 0.15) is 0 Å². The van der Waals surface area contributed by atoms with Gasteiger partial charge in [-0.15, -0.1) is 11.8 Å². The van der Waals surface area contributed by atoms with Crippen LogP contribution < -0.4 is 5.32 Å². The van der Waals surface area contributed by atoms with Gasteiger partial charge in [0.25, 0.3) is 0 Å². The third kappa shape index (κ3) is 4.40. The van der Waals surface area contributed by atoms with Crippen molar-refractivity contribution in [2.45, 2.75) is 4.90 Å². The molecule has 0 saturated carbocycles. The molecule has 4 heteroatoms. The second-order valence-electron chi connectivity index (χ2n) is 5.20. The second kappa shape index (κ2) is 8.04. The predicted octanol–water partition coefficient (Wildman–Crippen LogP) is 5.74. The average Bonchev–Trinajstić information content (AvgIpc) is 2.62. The summed E-state index contributed by atoms with van der Waals surface area (Å²) >= 11 is 7.36. The topological polar surface area (TPSA) is 29.1 Å². The van der Waals surface area contributed by atoms with Crippen molar-refractivity contribution in [2.75, 3.05) is 11.1 Å². The average molecular weight is 354 g/mol. The summed E-state index contributed by atoms with van der Waals surface area (Å²) in [5.74, 6) is 0.323. The van der Waals surface area contributed by atoms with Crippen LogP contribution in [0.25, 0.3) is 11.1 Å². The first-order valence-electron chi connectivity index (χ1n) is 7.55. The molecule has 1 amide bonds. The van der Waals surface area contributed by atoms with E-state index < -0.39 is 0 Å². The molecule has 0 radical (unpaired) electrons. The lowest BCUT2D eigenvalue weighted by atomic mass is 10.0. The molecule has 0 saturated heterocycles. The van der Waals surface area contributed by atoms with Gasteiger partial charge < -0.3 is 5.32 Å². The normalized spacial score (nSPS) is 10.4. The third-order valence-electron chi connectivity index (χ3n) is 3.47. The van der Waals surface area contributed by atoms with Gasteiger partial charge in [0.2, 0.25) is 5.91 Å². The highest BCUT2D eigenvalue weighted by molar-refractivity contribution is 8.00. The van der Waals surface area contributed by atoms with E-state index in [4.69, 9.17) is 11.6 Å². The number of halogens is 1. The minimum Gasteiger partial charge on any atom is -0.325 e. The number of amides is 1. The Bertz CT molecular complexity index is 819. The van der Waals surface area contributed by atoms with E-state index >= 15 is 0 Å². The zero-order valence-electron chi connectivity index (χ0n) is 12.9. The van der Waals surface area contributed by atoms with Gasteiger partial charge in [0.15, 0.2) is 0 Å². The number of hydrogen-bond acceptors (Lipinski definition) is 2. The molecule has 0 bridgehead atoms. The zero-order valence-corrected chi connectivity index (χ0v) is 14.5. The first kappa shape index (κ1) is 16.6. The molecule has 0 aliphatic carbocycles. The lowest BCUT2D eigenvalue weighted by molar-refractivity contribution is -0.113. The molecule has 120 valence electrons. The number of para-hydroxylation sites is 1. The molecule has 3 aromatic carbocycles. The maximum Gasteiger partial charge on any atom is 0.234 e. The monoisotopic (exact) mass is 353 g/mol. The van der Waals surface area contributed by atoms with Crippen LogP contribution in [0.4, 0.5) is 5.69 Å². The number of carbonyl (C=O) groups is 1. The predicted molar refractivity (Wildman–Crippen MR) is 103 cm³/mol. The molecule has 1 N–H and O–H groups in total. The highest BCUT2D eigenvalue weighted by Gasteiger charge is 2.08. The van der Waals surface area contributed by atoms with Crippen molar-refractivity contribution in [3.05, 3.63) is 83.9 Å². The van der Waals surface area contributed by atoms with Crippen LogP contribution in [0.15, 0.2) is 83.8 Å². The molecular weight excluding hydrogens is 338 g/mol. The van der Waals surface area contributed by atoms with Gasteiger partial charge in [0.1, 0.15) is 0 Å². The van der Waals surface area contributed by atoms with Crippen molar-refractivity contribution in [1.82, 2.24) is 0 Å². The molecule has 0 aliphatic rings. The number of thioether (sulfide) groups is 1. The summed E-state index contributed by atoms with van der Waals surface area (Å²) in [5.41, 5.74) is 2.92. The van der Waals surface area contributed by atoms with Gasteiger partial charge in [-0.1, -0.05) is 60.1 Å². The molecule has 2 nitrogen and oxygen atoms in total.